The number of aliphatic hydroxyl groups is 1. The van der Waals surface area contributed by atoms with Gasteiger partial charge in [0.2, 0.25) is 17.8 Å². The van der Waals surface area contributed by atoms with Crippen LogP contribution in [0.15, 0.2) is 48.5 Å². The van der Waals surface area contributed by atoms with Crippen LogP contribution in [0.5, 0.6) is 0 Å². The van der Waals surface area contributed by atoms with Gasteiger partial charge in [0.05, 0.1) is 17.6 Å². The third kappa shape index (κ3) is 4.07. The summed E-state index contributed by atoms with van der Waals surface area (Å²) < 4.78 is 1.79. The molecule has 4 rings (SSSR count). The molecule has 2 amide bonds. The van der Waals surface area contributed by atoms with Gasteiger partial charge in [0.1, 0.15) is 6.54 Å². The third-order valence-electron chi connectivity index (χ3n) is 4.89. The minimum atomic E-state index is -0.190. The van der Waals surface area contributed by atoms with Crippen LogP contribution in [0.1, 0.15) is 12.8 Å². The van der Waals surface area contributed by atoms with Gasteiger partial charge in [-0.1, -0.05) is 12.1 Å². The van der Waals surface area contributed by atoms with Crippen LogP contribution in [0.3, 0.4) is 0 Å². The number of amides is 2. The number of carbonyl (C=O) groups is 2. The molecule has 1 fully saturated rings. The lowest BCUT2D eigenvalue weighted by Crippen LogP contribution is -2.23. The molecule has 1 aliphatic rings. The molecule has 0 saturated carbocycles. The van der Waals surface area contributed by atoms with Crippen molar-refractivity contribution in [2.45, 2.75) is 19.4 Å². The van der Waals surface area contributed by atoms with Crippen LogP contribution in [0, 0.1) is 0 Å². The number of nitrogens with one attached hydrogen (secondary N) is 2. The Morgan fingerprint density at radius 3 is 2.66 bits per heavy atom. The first-order chi connectivity index (χ1) is 14.2. The highest BCUT2D eigenvalue weighted by atomic mass is 16.3. The standard InChI is InChI=1S/C21H23N5O3/c27-13-11-22-21-24-17-4-1-2-5-18(17)26(21)14-19(28)23-15-7-9-16(10-8-15)25-12-3-6-20(25)29/h1-2,4-5,7-10,27H,3,6,11-14H2,(H,22,24)(H,23,28). The number of hydrogen-bond donors (Lipinski definition) is 3. The van der Waals surface area contributed by atoms with Gasteiger partial charge in [0, 0.05) is 30.9 Å². The number of anilines is 3. The molecule has 3 N–H and O–H groups in total. The summed E-state index contributed by atoms with van der Waals surface area (Å²) in [5, 5.41) is 15.0. The van der Waals surface area contributed by atoms with Crippen molar-refractivity contribution in [3.05, 3.63) is 48.5 Å². The summed E-state index contributed by atoms with van der Waals surface area (Å²) >= 11 is 0. The maximum absolute atomic E-state index is 12.6. The van der Waals surface area contributed by atoms with Crippen LogP contribution in [0.2, 0.25) is 0 Å². The van der Waals surface area contributed by atoms with Crippen molar-refractivity contribution in [1.29, 1.82) is 0 Å². The number of hydrogen-bond acceptors (Lipinski definition) is 5. The molecule has 0 spiro atoms. The minimum absolute atomic E-state index is 0.0265. The lowest BCUT2D eigenvalue weighted by Gasteiger charge is -2.16. The fourth-order valence-corrected chi connectivity index (χ4v) is 3.53. The summed E-state index contributed by atoms with van der Waals surface area (Å²) in [5.74, 6) is 0.486. The molecule has 0 unspecified atom stereocenters. The number of imidazole rings is 1. The van der Waals surface area contributed by atoms with Crippen molar-refractivity contribution < 1.29 is 14.7 Å². The second-order valence-electron chi connectivity index (χ2n) is 6.90. The molecule has 0 bridgehead atoms. The quantitative estimate of drug-likeness (QED) is 0.572. The summed E-state index contributed by atoms with van der Waals surface area (Å²) in [6, 6.07) is 14.9. The van der Waals surface area contributed by atoms with E-state index in [1.807, 2.05) is 36.4 Å². The second kappa shape index (κ2) is 8.32. The fraction of sp³-hybridized carbons (Fsp3) is 0.286. The summed E-state index contributed by atoms with van der Waals surface area (Å²) in [6.45, 7) is 1.14. The number of fused-ring (bicyclic) bond motifs is 1. The second-order valence-corrected chi connectivity index (χ2v) is 6.90. The van der Waals surface area contributed by atoms with Gasteiger partial charge in [-0.3, -0.25) is 9.59 Å². The molecule has 2 heterocycles. The molecule has 0 aliphatic carbocycles. The van der Waals surface area contributed by atoms with Crippen molar-refractivity contribution in [1.82, 2.24) is 9.55 Å². The number of carbonyl (C=O) groups excluding carboxylic acids is 2. The van der Waals surface area contributed by atoms with E-state index in [4.69, 9.17) is 5.11 Å². The number of benzene rings is 2. The molecule has 1 aliphatic heterocycles. The Hall–Kier alpha value is -3.39. The van der Waals surface area contributed by atoms with Crippen molar-refractivity contribution in [2.75, 3.05) is 35.2 Å². The first-order valence-electron chi connectivity index (χ1n) is 9.66. The first-order valence-corrected chi connectivity index (χ1v) is 9.66. The van der Waals surface area contributed by atoms with Gasteiger partial charge in [-0.25, -0.2) is 4.98 Å². The zero-order valence-electron chi connectivity index (χ0n) is 16.0. The molecule has 0 radical (unpaired) electrons. The van der Waals surface area contributed by atoms with Gasteiger partial charge in [0.25, 0.3) is 0 Å². The van der Waals surface area contributed by atoms with Gasteiger partial charge in [-0.05, 0) is 42.8 Å². The number of aliphatic hydroxyl groups excluding tert-OH is 1. The van der Waals surface area contributed by atoms with Gasteiger partial charge in [0.15, 0.2) is 0 Å². The van der Waals surface area contributed by atoms with Crippen molar-refractivity contribution in [2.24, 2.45) is 0 Å². The van der Waals surface area contributed by atoms with Gasteiger partial charge in [-0.15, -0.1) is 0 Å². The van der Waals surface area contributed by atoms with E-state index in [1.54, 1.807) is 21.6 Å². The molecule has 150 valence electrons. The zero-order chi connectivity index (χ0) is 20.2. The maximum Gasteiger partial charge on any atom is 0.244 e. The molecule has 1 saturated heterocycles. The number of para-hydroxylation sites is 2. The summed E-state index contributed by atoms with van der Waals surface area (Å²) in [7, 11) is 0. The molecule has 8 heteroatoms. The lowest BCUT2D eigenvalue weighted by atomic mass is 10.2. The van der Waals surface area contributed by atoms with E-state index < -0.39 is 0 Å². The number of rotatable bonds is 7. The highest BCUT2D eigenvalue weighted by Gasteiger charge is 2.21. The van der Waals surface area contributed by atoms with Crippen LogP contribution in [0.25, 0.3) is 11.0 Å². The van der Waals surface area contributed by atoms with E-state index in [-0.39, 0.29) is 25.0 Å². The largest absolute Gasteiger partial charge is 0.395 e. The number of nitrogens with zero attached hydrogens (tertiary/aromatic N) is 3. The molecular formula is C21H23N5O3. The number of aromatic nitrogens is 2. The summed E-state index contributed by atoms with van der Waals surface area (Å²) in [4.78, 5) is 30.8. The van der Waals surface area contributed by atoms with E-state index in [2.05, 4.69) is 15.6 Å². The Balaban J connectivity index is 1.47. The average Bonchev–Trinajstić information content (AvgIpc) is 3.31. The smallest absolute Gasteiger partial charge is 0.244 e. The van der Waals surface area contributed by atoms with Crippen molar-refractivity contribution in [3.63, 3.8) is 0 Å². The third-order valence-corrected chi connectivity index (χ3v) is 4.89. The Labute approximate surface area is 168 Å². The van der Waals surface area contributed by atoms with Crippen molar-refractivity contribution >= 4 is 40.2 Å². The van der Waals surface area contributed by atoms with Gasteiger partial charge in [-0.2, -0.15) is 0 Å². The van der Waals surface area contributed by atoms with Crippen LogP contribution in [-0.4, -0.2) is 46.2 Å². The van der Waals surface area contributed by atoms with Crippen molar-refractivity contribution in [3.8, 4) is 0 Å². The summed E-state index contributed by atoms with van der Waals surface area (Å²) in [5.41, 5.74) is 3.13. The average molecular weight is 393 g/mol. The van der Waals surface area contributed by atoms with Crippen LogP contribution in [0.4, 0.5) is 17.3 Å². The SMILES string of the molecule is O=C(Cn1c(NCCO)nc2ccccc21)Nc1ccc(N2CCCC2=O)cc1. The lowest BCUT2D eigenvalue weighted by molar-refractivity contribution is -0.117. The Bertz CT molecular complexity index is 1030. The molecule has 0 atom stereocenters. The van der Waals surface area contributed by atoms with Crippen LogP contribution >= 0.6 is 0 Å². The first kappa shape index (κ1) is 18.9. The monoisotopic (exact) mass is 393 g/mol. The van der Waals surface area contributed by atoms with E-state index in [9.17, 15) is 9.59 Å². The van der Waals surface area contributed by atoms with Gasteiger partial charge < -0.3 is 25.2 Å². The Morgan fingerprint density at radius 2 is 1.93 bits per heavy atom. The normalized spacial score (nSPS) is 13.8. The van der Waals surface area contributed by atoms with E-state index in [0.717, 1.165) is 29.7 Å². The highest BCUT2D eigenvalue weighted by molar-refractivity contribution is 5.96. The van der Waals surface area contributed by atoms with Crippen LogP contribution < -0.4 is 15.5 Å². The maximum atomic E-state index is 12.6. The molecule has 29 heavy (non-hydrogen) atoms. The zero-order valence-corrected chi connectivity index (χ0v) is 16.0. The Morgan fingerprint density at radius 1 is 1.14 bits per heavy atom. The van der Waals surface area contributed by atoms with E-state index in [0.29, 0.717) is 24.6 Å². The van der Waals surface area contributed by atoms with E-state index >= 15 is 0 Å². The molecule has 2 aromatic carbocycles. The minimum Gasteiger partial charge on any atom is -0.395 e. The molecule has 1 aromatic heterocycles. The highest BCUT2D eigenvalue weighted by Crippen LogP contribution is 2.23. The van der Waals surface area contributed by atoms with E-state index in [1.165, 1.54) is 0 Å². The molecule has 3 aromatic rings. The Kier molecular flexibility index (Phi) is 5.44. The summed E-state index contributed by atoms with van der Waals surface area (Å²) in [6.07, 6.45) is 1.47. The predicted molar refractivity (Wildman–Crippen MR) is 112 cm³/mol. The van der Waals surface area contributed by atoms with Gasteiger partial charge >= 0.3 is 0 Å². The molecule has 8 nitrogen and oxygen atoms in total. The predicted octanol–water partition coefficient (Wildman–Crippen LogP) is 2.21. The topological polar surface area (TPSA) is 99.5 Å². The fourth-order valence-electron chi connectivity index (χ4n) is 3.53. The van der Waals surface area contributed by atoms with Crippen LogP contribution in [-0.2, 0) is 16.1 Å². The molecular weight excluding hydrogens is 370 g/mol.